The number of anilines is 1. The number of nitro groups is 1. The number of halogens is 2. The first-order valence-corrected chi connectivity index (χ1v) is 5.87. The molecule has 0 amide bonds. The lowest BCUT2D eigenvalue weighted by molar-refractivity contribution is -0.385. The first-order chi connectivity index (χ1) is 9.08. The molecular weight excluding hydrogens is 271 g/mol. The highest BCUT2D eigenvalue weighted by Gasteiger charge is 2.14. The van der Waals surface area contributed by atoms with Crippen LogP contribution in [0.1, 0.15) is 5.56 Å². The topological polar surface area (TPSA) is 55.2 Å². The number of nitro benzene ring substituents is 1. The van der Waals surface area contributed by atoms with Gasteiger partial charge in [-0.25, -0.2) is 4.39 Å². The zero-order valence-corrected chi connectivity index (χ0v) is 10.5. The van der Waals surface area contributed by atoms with Gasteiger partial charge in [0.25, 0.3) is 5.69 Å². The zero-order chi connectivity index (χ0) is 13.8. The molecule has 0 radical (unpaired) electrons. The van der Waals surface area contributed by atoms with Crippen molar-refractivity contribution >= 4 is 23.0 Å². The number of nitrogens with one attached hydrogen (secondary N) is 1. The third-order valence-electron chi connectivity index (χ3n) is 2.59. The van der Waals surface area contributed by atoms with Crippen LogP contribution in [0.4, 0.5) is 15.8 Å². The van der Waals surface area contributed by atoms with Crippen LogP contribution < -0.4 is 5.32 Å². The van der Waals surface area contributed by atoms with E-state index in [0.29, 0.717) is 16.3 Å². The molecule has 0 fully saturated rings. The maximum absolute atomic E-state index is 13.4. The fourth-order valence-electron chi connectivity index (χ4n) is 1.65. The van der Waals surface area contributed by atoms with E-state index in [9.17, 15) is 14.5 Å². The van der Waals surface area contributed by atoms with Crippen molar-refractivity contribution in [1.29, 1.82) is 0 Å². The highest BCUT2D eigenvalue weighted by atomic mass is 35.5. The highest BCUT2D eigenvalue weighted by molar-refractivity contribution is 6.30. The van der Waals surface area contributed by atoms with Crippen molar-refractivity contribution in [2.24, 2.45) is 0 Å². The molecular formula is C13H10ClFN2O2. The Morgan fingerprint density at radius 1 is 1.26 bits per heavy atom. The van der Waals surface area contributed by atoms with Gasteiger partial charge >= 0.3 is 0 Å². The molecule has 0 saturated heterocycles. The second kappa shape index (κ2) is 5.67. The Hall–Kier alpha value is -2.14. The van der Waals surface area contributed by atoms with Crippen LogP contribution in [0.2, 0.25) is 5.02 Å². The molecule has 0 atom stereocenters. The summed E-state index contributed by atoms with van der Waals surface area (Å²) in [6, 6.07) is 10.5. The van der Waals surface area contributed by atoms with Crippen molar-refractivity contribution in [1.82, 2.24) is 0 Å². The molecule has 19 heavy (non-hydrogen) atoms. The summed E-state index contributed by atoms with van der Waals surface area (Å²) in [5.74, 6) is -0.404. The van der Waals surface area contributed by atoms with Crippen molar-refractivity contribution in [3.63, 3.8) is 0 Å². The summed E-state index contributed by atoms with van der Waals surface area (Å²) in [5.41, 5.74) is 0.653. The van der Waals surface area contributed by atoms with E-state index in [1.54, 1.807) is 30.3 Å². The molecule has 0 spiro atoms. The lowest BCUT2D eigenvalue weighted by Gasteiger charge is -2.08. The van der Waals surface area contributed by atoms with Gasteiger partial charge in [-0.3, -0.25) is 10.1 Å². The van der Waals surface area contributed by atoms with E-state index < -0.39 is 10.7 Å². The molecule has 1 N–H and O–H groups in total. The second-order valence-electron chi connectivity index (χ2n) is 3.86. The van der Waals surface area contributed by atoms with Gasteiger partial charge in [-0.15, -0.1) is 0 Å². The van der Waals surface area contributed by atoms with Crippen molar-refractivity contribution < 1.29 is 9.31 Å². The smallest absolute Gasteiger partial charge is 0.275 e. The molecule has 0 aliphatic heterocycles. The standard InChI is InChI=1S/C13H10ClFN2O2/c14-10-6-5-9(13(7-10)17(18)19)8-16-12-4-2-1-3-11(12)15/h1-7,16H,8H2. The lowest BCUT2D eigenvalue weighted by atomic mass is 10.1. The van der Waals surface area contributed by atoms with Gasteiger partial charge < -0.3 is 5.32 Å². The van der Waals surface area contributed by atoms with E-state index in [1.807, 2.05) is 0 Å². The van der Waals surface area contributed by atoms with Crippen molar-refractivity contribution in [3.8, 4) is 0 Å². The largest absolute Gasteiger partial charge is 0.378 e. The summed E-state index contributed by atoms with van der Waals surface area (Å²) in [5, 5.41) is 14.0. The molecule has 0 aromatic heterocycles. The van der Waals surface area contributed by atoms with Crippen molar-refractivity contribution in [2.75, 3.05) is 5.32 Å². The average Bonchev–Trinajstić information content (AvgIpc) is 2.38. The number of benzene rings is 2. The lowest BCUT2D eigenvalue weighted by Crippen LogP contribution is -2.04. The molecule has 0 heterocycles. The van der Waals surface area contributed by atoms with Crippen LogP contribution in [-0.4, -0.2) is 4.92 Å². The van der Waals surface area contributed by atoms with E-state index >= 15 is 0 Å². The molecule has 0 bridgehead atoms. The van der Waals surface area contributed by atoms with E-state index in [0.717, 1.165) is 0 Å². The molecule has 4 nitrogen and oxygen atoms in total. The summed E-state index contributed by atoms with van der Waals surface area (Å²) in [6.07, 6.45) is 0. The van der Waals surface area contributed by atoms with Crippen LogP contribution in [0.25, 0.3) is 0 Å². The first kappa shape index (κ1) is 13.3. The molecule has 98 valence electrons. The Morgan fingerprint density at radius 3 is 2.68 bits per heavy atom. The molecule has 2 aromatic carbocycles. The number of rotatable bonds is 4. The van der Waals surface area contributed by atoms with Crippen LogP contribution in [0.3, 0.4) is 0 Å². The maximum atomic E-state index is 13.4. The highest BCUT2D eigenvalue weighted by Crippen LogP contribution is 2.24. The molecule has 0 aliphatic carbocycles. The Balaban J connectivity index is 2.20. The van der Waals surface area contributed by atoms with Gasteiger partial charge in [-0.2, -0.15) is 0 Å². The van der Waals surface area contributed by atoms with Crippen molar-refractivity contribution in [3.05, 3.63) is 69.0 Å². The molecule has 0 saturated carbocycles. The minimum Gasteiger partial charge on any atom is -0.378 e. The average molecular weight is 281 g/mol. The SMILES string of the molecule is O=[N+]([O-])c1cc(Cl)ccc1CNc1ccccc1F. The van der Waals surface area contributed by atoms with Gasteiger partial charge in [0.15, 0.2) is 0 Å². The predicted molar refractivity (Wildman–Crippen MR) is 71.8 cm³/mol. The van der Waals surface area contributed by atoms with Gasteiger partial charge in [0, 0.05) is 23.2 Å². The number of para-hydroxylation sites is 1. The third-order valence-corrected chi connectivity index (χ3v) is 2.82. The fraction of sp³-hybridized carbons (Fsp3) is 0.0769. The third kappa shape index (κ3) is 3.20. The second-order valence-corrected chi connectivity index (χ2v) is 4.30. The number of hydrogen-bond donors (Lipinski definition) is 1. The summed E-state index contributed by atoms with van der Waals surface area (Å²) in [4.78, 5) is 10.4. The molecule has 6 heteroatoms. The van der Waals surface area contributed by atoms with Gasteiger partial charge in [-0.05, 0) is 24.3 Å². The summed E-state index contributed by atoms with van der Waals surface area (Å²) >= 11 is 5.72. The number of hydrogen-bond acceptors (Lipinski definition) is 3. The monoisotopic (exact) mass is 280 g/mol. The van der Waals surface area contributed by atoms with Crippen LogP contribution >= 0.6 is 11.6 Å². The Bertz CT molecular complexity index is 619. The van der Waals surface area contributed by atoms with Gasteiger partial charge in [0.05, 0.1) is 10.6 Å². The summed E-state index contributed by atoms with van der Waals surface area (Å²) < 4.78 is 13.4. The van der Waals surface area contributed by atoms with E-state index in [1.165, 1.54) is 12.1 Å². The quantitative estimate of drug-likeness (QED) is 0.680. The molecule has 2 aromatic rings. The first-order valence-electron chi connectivity index (χ1n) is 5.49. The maximum Gasteiger partial charge on any atom is 0.275 e. The van der Waals surface area contributed by atoms with Gasteiger partial charge in [0.1, 0.15) is 5.82 Å². The number of nitrogens with zero attached hydrogens (tertiary/aromatic N) is 1. The summed E-state index contributed by atoms with van der Waals surface area (Å²) in [7, 11) is 0. The Morgan fingerprint density at radius 2 is 2.00 bits per heavy atom. The summed E-state index contributed by atoms with van der Waals surface area (Å²) in [6.45, 7) is 0.147. The van der Waals surface area contributed by atoms with Gasteiger partial charge in [-0.1, -0.05) is 23.7 Å². The van der Waals surface area contributed by atoms with E-state index in [2.05, 4.69) is 5.32 Å². The predicted octanol–water partition coefficient (Wildman–Crippen LogP) is 4.00. The molecule has 2 rings (SSSR count). The van der Waals surface area contributed by atoms with E-state index in [-0.39, 0.29) is 12.2 Å². The Kier molecular flexibility index (Phi) is 3.97. The van der Waals surface area contributed by atoms with Crippen LogP contribution in [0.5, 0.6) is 0 Å². The van der Waals surface area contributed by atoms with Crippen LogP contribution in [0, 0.1) is 15.9 Å². The minimum absolute atomic E-state index is 0.0867. The fourth-order valence-corrected chi connectivity index (χ4v) is 1.82. The van der Waals surface area contributed by atoms with Crippen LogP contribution in [0.15, 0.2) is 42.5 Å². The van der Waals surface area contributed by atoms with Crippen molar-refractivity contribution in [2.45, 2.75) is 6.54 Å². The molecule has 0 unspecified atom stereocenters. The van der Waals surface area contributed by atoms with Crippen LogP contribution in [-0.2, 0) is 6.54 Å². The van der Waals surface area contributed by atoms with Gasteiger partial charge in [0.2, 0.25) is 0 Å². The zero-order valence-electron chi connectivity index (χ0n) is 9.77. The normalized spacial score (nSPS) is 10.2. The van der Waals surface area contributed by atoms with E-state index in [4.69, 9.17) is 11.6 Å². The molecule has 0 aliphatic rings. The minimum atomic E-state index is -0.510. The Labute approximate surface area is 114 Å².